The van der Waals surface area contributed by atoms with E-state index < -0.39 is 12.1 Å². The molecule has 94 valence electrons. The van der Waals surface area contributed by atoms with Gasteiger partial charge in [0.25, 0.3) is 5.82 Å². The summed E-state index contributed by atoms with van der Waals surface area (Å²) in [6.45, 7) is 4.10. The second-order valence-corrected chi connectivity index (χ2v) is 4.15. The molecule has 0 saturated carbocycles. The number of carbonyl (C=O) groups excluding carboxylic acids is 1. The summed E-state index contributed by atoms with van der Waals surface area (Å²) >= 11 is 0. The normalized spacial score (nSPS) is 22.5. The molecule has 2 rings (SSSR count). The van der Waals surface area contributed by atoms with Gasteiger partial charge in [0.15, 0.2) is 5.82 Å². The van der Waals surface area contributed by atoms with E-state index in [9.17, 15) is 9.90 Å². The second kappa shape index (κ2) is 4.83. The Balaban J connectivity index is 2.23. The van der Waals surface area contributed by atoms with Crippen LogP contribution in [0.2, 0.25) is 0 Å². The fourth-order valence-electron chi connectivity index (χ4n) is 2.15. The van der Waals surface area contributed by atoms with Crippen molar-refractivity contribution >= 4 is 5.97 Å². The maximum Gasteiger partial charge on any atom is 0.378 e. The van der Waals surface area contributed by atoms with Crippen LogP contribution >= 0.6 is 0 Å². The van der Waals surface area contributed by atoms with Crippen molar-refractivity contribution < 1.29 is 14.6 Å². The first-order chi connectivity index (χ1) is 8.17. The van der Waals surface area contributed by atoms with Crippen molar-refractivity contribution in [3.63, 3.8) is 0 Å². The lowest BCUT2D eigenvalue weighted by Crippen LogP contribution is -2.10. The topological polar surface area (TPSA) is 77.2 Å². The molecule has 0 aliphatic carbocycles. The van der Waals surface area contributed by atoms with Gasteiger partial charge in [0.2, 0.25) is 0 Å². The number of ether oxygens (including phenoxy) is 1. The number of esters is 1. The van der Waals surface area contributed by atoms with Crippen molar-refractivity contribution in [1.82, 2.24) is 14.8 Å². The lowest BCUT2D eigenvalue weighted by molar-refractivity contribution is 0.0510. The molecule has 1 aromatic rings. The van der Waals surface area contributed by atoms with Crippen LogP contribution in [0.5, 0.6) is 0 Å². The number of hydrogen-bond donors (Lipinski definition) is 1. The molecule has 2 heterocycles. The molecule has 0 spiro atoms. The summed E-state index contributed by atoms with van der Waals surface area (Å²) in [5, 5.41) is 14.0. The van der Waals surface area contributed by atoms with Crippen LogP contribution in [0.4, 0.5) is 0 Å². The Hall–Kier alpha value is -1.43. The molecule has 1 aliphatic heterocycles. The Morgan fingerprint density at radius 2 is 2.35 bits per heavy atom. The van der Waals surface area contributed by atoms with Gasteiger partial charge in [0.05, 0.1) is 12.6 Å². The quantitative estimate of drug-likeness (QED) is 0.800. The highest BCUT2D eigenvalue weighted by Crippen LogP contribution is 2.35. The number of aliphatic hydroxyl groups excluding tert-OH is 1. The number of rotatable bonds is 4. The summed E-state index contributed by atoms with van der Waals surface area (Å²) in [5.41, 5.74) is 0. The van der Waals surface area contributed by atoms with E-state index >= 15 is 0 Å². The molecule has 1 aliphatic rings. The van der Waals surface area contributed by atoms with Crippen molar-refractivity contribution in [2.75, 3.05) is 6.61 Å². The number of carbonyl (C=O) groups is 1. The molecule has 17 heavy (non-hydrogen) atoms. The van der Waals surface area contributed by atoms with Crippen LogP contribution in [0.15, 0.2) is 0 Å². The largest absolute Gasteiger partial charge is 0.460 e. The van der Waals surface area contributed by atoms with E-state index in [1.54, 1.807) is 11.6 Å². The summed E-state index contributed by atoms with van der Waals surface area (Å²) in [5.74, 6) is -0.00921. The maximum absolute atomic E-state index is 11.5. The fourth-order valence-corrected chi connectivity index (χ4v) is 2.15. The first kappa shape index (κ1) is 12.0. The SMILES string of the molecule is CCCC1CC(O)c2nc(C(=O)OCC)nn21. The van der Waals surface area contributed by atoms with Crippen molar-refractivity contribution in [3.8, 4) is 0 Å². The molecule has 2 unspecified atom stereocenters. The zero-order valence-corrected chi connectivity index (χ0v) is 10.1. The van der Waals surface area contributed by atoms with Crippen LogP contribution in [0.1, 0.15) is 61.7 Å². The van der Waals surface area contributed by atoms with E-state index in [0.29, 0.717) is 18.9 Å². The van der Waals surface area contributed by atoms with Crippen LogP contribution in [0.25, 0.3) is 0 Å². The van der Waals surface area contributed by atoms with Gasteiger partial charge in [-0.15, -0.1) is 5.10 Å². The molecule has 1 aromatic heterocycles. The molecular weight excluding hydrogens is 222 g/mol. The molecule has 2 atom stereocenters. The summed E-state index contributed by atoms with van der Waals surface area (Å²) in [6.07, 6.45) is 1.94. The van der Waals surface area contributed by atoms with Crippen molar-refractivity contribution in [3.05, 3.63) is 11.6 Å². The zero-order valence-electron chi connectivity index (χ0n) is 10.1. The number of aromatic nitrogens is 3. The Labute approximate surface area is 99.6 Å². The number of hydrogen-bond acceptors (Lipinski definition) is 5. The Morgan fingerprint density at radius 1 is 1.59 bits per heavy atom. The van der Waals surface area contributed by atoms with Gasteiger partial charge in [-0.1, -0.05) is 13.3 Å². The van der Waals surface area contributed by atoms with Crippen LogP contribution in [-0.2, 0) is 4.74 Å². The summed E-state index contributed by atoms with van der Waals surface area (Å²) in [4.78, 5) is 15.5. The van der Waals surface area contributed by atoms with E-state index in [0.717, 1.165) is 12.8 Å². The van der Waals surface area contributed by atoms with Crippen molar-refractivity contribution in [1.29, 1.82) is 0 Å². The van der Waals surface area contributed by atoms with Crippen LogP contribution in [0, 0.1) is 0 Å². The van der Waals surface area contributed by atoms with Gasteiger partial charge in [0.1, 0.15) is 6.10 Å². The molecule has 0 aromatic carbocycles. The molecule has 6 nitrogen and oxygen atoms in total. The average Bonchev–Trinajstić information content (AvgIpc) is 2.82. The van der Waals surface area contributed by atoms with Crippen molar-refractivity contribution in [2.24, 2.45) is 0 Å². The van der Waals surface area contributed by atoms with E-state index in [1.807, 2.05) is 0 Å². The Kier molecular flexibility index (Phi) is 3.42. The second-order valence-electron chi connectivity index (χ2n) is 4.15. The van der Waals surface area contributed by atoms with Gasteiger partial charge in [0, 0.05) is 6.42 Å². The van der Waals surface area contributed by atoms with Gasteiger partial charge in [-0.05, 0) is 13.3 Å². The highest BCUT2D eigenvalue weighted by molar-refractivity contribution is 5.85. The third-order valence-corrected chi connectivity index (χ3v) is 2.88. The predicted octanol–water partition coefficient (Wildman–Crippen LogP) is 1.23. The lowest BCUT2D eigenvalue weighted by atomic mass is 10.1. The third-order valence-electron chi connectivity index (χ3n) is 2.88. The van der Waals surface area contributed by atoms with Crippen LogP contribution in [0.3, 0.4) is 0 Å². The monoisotopic (exact) mass is 239 g/mol. The average molecular weight is 239 g/mol. The third kappa shape index (κ3) is 2.17. The Morgan fingerprint density at radius 3 is 3.00 bits per heavy atom. The zero-order chi connectivity index (χ0) is 12.4. The molecule has 1 N–H and O–H groups in total. The minimum Gasteiger partial charge on any atom is -0.460 e. The first-order valence-corrected chi connectivity index (χ1v) is 5.99. The molecule has 0 fully saturated rings. The van der Waals surface area contributed by atoms with Gasteiger partial charge in [-0.3, -0.25) is 0 Å². The molecular formula is C11H17N3O3. The standard InChI is InChI=1S/C11H17N3O3/c1-3-5-7-6-8(15)10-12-9(13-14(7)10)11(16)17-4-2/h7-8,15H,3-6H2,1-2H3. The van der Waals surface area contributed by atoms with E-state index in [4.69, 9.17) is 4.74 Å². The minimum atomic E-state index is -0.623. The van der Waals surface area contributed by atoms with Crippen LogP contribution < -0.4 is 0 Å². The summed E-state index contributed by atoms with van der Waals surface area (Å²) in [7, 11) is 0. The molecule has 0 saturated heterocycles. The molecule has 6 heteroatoms. The van der Waals surface area contributed by atoms with Gasteiger partial charge >= 0.3 is 5.97 Å². The van der Waals surface area contributed by atoms with Gasteiger partial charge in [-0.2, -0.15) is 0 Å². The number of fused-ring (bicyclic) bond motifs is 1. The highest BCUT2D eigenvalue weighted by Gasteiger charge is 2.33. The van der Waals surface area contributed by atoms with Crippen LogP contribution in [-0.4, -0.2) is 32.4 Å². The summed E-state index contributed by atoms with van der Waals surface area (Å²) in [6, 6.07) is 0.140. The fraction of sp³-hybridized carbons (Fsp3) is 0.727. The predicted molar refractivity (Wildman–Crippen MR) is 59.5 cm³/mol. The number of nitrogens with zero attached hydrogens (tertiary/aromatic N) is 3. The lowest BCUT2D eigenvalue weighted by Gasteiger charge is -2.08. The summed E-state index contributed by atoms with van der Waals surface area (Å²) < 4.78 is 6.50. The number of aliphatic hydroxyl groups is 1. The first-order valence-electron chi connectivity index (χ1n) is 5.99. The highest BCUT2D eigenvalue weighted by atomic mass is 16.5. The maximum atomic E-state index is 11.5. The van der Waals surface area contributed by atoms with Gasteiger partial charge < -0.3 is 9.84 Å². The van der Waals surface area contributed by atoms with Crippen molar-refractivity contribution in [2.45, 2.75) is 45.3 Å². The van der Waals surface area contributed by atoms with Gasteiger partial charge in [-0.25, -0.2) is 14.5 Å². The minimum absolute atomic E-state index is 0.0432. The smallest absolute Gasteiger partial charge is 0.378 e. The Bertz CT molecular complexity index is 416. The molecule has 0 bridgehead atoms. The molecule has 0 radical (unpaired) electrons. The van der Waals surface area contributed by atoms with E-state index in [2.05, 4.69) is 17.0 Å². The molecule has 0 amide bonds. The van der Waals surface area contributed by atoms with E-state index in [1.165, 1.54) is 0 Å². The van der Waals surface area contributed by atoms with E-state index in [-0.39, 0.29) is 11.9 Å².